The lowest BCUT2D eigenvalue weighted by atomic mass is 10.2. The molecule has 134 valence electrons. The van der Waals surface area contributed by atoms with Gasteiger partial charge in [0, 0.05) is 36.6 Å². The van der Waals surface area contributed by atoms with E-state index < -0.39 is 4.92 Å². The summed E-state index contributed by atoms with van der Waals surface area (Å²) < 4.78 is 11.6. The number of nitro benzene ring substituents is 1. The summed E-state index contributed by atoms with van der Waals surface area (Å²) in [6.07, 6.45) is 2.42. The molecule has 25 heavy (non-hydrogen) atoms. The zero-order valence-electron chi connectivity index (χ0n) is 13.6. The molecule has 1 fully saturated rings. The number of nitrogens with zero attached hydrogens (tertiary/aromatic N) is 3. The van der Waals surface area contributed by atoms with Crippen molar-refractivity contribution in [3.63, 3.8) is 0 Å². The molecular formula is C15H18N4O4S2. The summed E-state index contributed by atoms with van der Waals surface area (Å²) in [5.74, 6) is 1.14. The number of non-ortho nitro benzene ring substituents is 1. The van der Waals surface area contributed by atoms with Gasteiger partial charge in [-0.1, -0.05) is 23.1 Å². The largest absolute Gasteiger partial charge is 0.496 e. The van der Waals surface area contributed by atoms with Gasteiger partial charge in [-0.3, -0.25) is 10.1 Å². The van der Waals surface area contributed by atoms with Crippen LogP contribution in [0.2, 0.25) is 0 Å². The summed E-state index contributed by atoms with van der Waals surface area (Å²) in [5, 5.41) is 23.2. The molecule has 1 atom stereocenters. The van der Waals surface area contributed by atoms with Gasteiger partial charge in [0.1, 0.15) is 5.75 Å². The van der Waals surface area contributed by atoms with Gasteiger partial charge in [-0.25, -0.2) is 0 Å². The normalized spacial score (nSPS) is 16.8. The van der Waals surface area contributed by atoms with Gasteiger partial charge in [-0.05, 0) is 18.9 Å². The summed E-state index contributed by atoms with van der Waals surface area (Å²) in [6.45, 7) is 1.56. The van der Waals surface area contributed by atoms with Crippen molar-refractivity contribution >= 4 is 33.9 Å². The number of rotatable bonds is 8. The molecule has 1 N–H and O–H groups in total. The van der Waals surface area contributed by atoms with Gasteiger partial charge in [0.05, 0.1) is 18.1 Å². The maximum atomic E-state index is 10.9. The topological polar surface area (TPSA) is 99.4 Å². The maximum Gasteiger partial charge on any atom is 0.270 e. The Morgan fingerprint density at radius 1 is 1.52 bits per heavy atom. The van der Waals surface area contributed by atoms with Gasteiger partial charge in [0.2, 0.25) is 5.13 Å². The van der Waals surface area contributed by atoms with Crippen LogP contribution in [0.15, 0.2) is 22.5 Å². The van der Waals surface area contributed by atoms with E-state index in [1.165, 1.54) is 35.2 Å². The number of aromatic nitrogens is 2. The van der Waals surface area contributed by atoms with Crippen LogP contribution in [0.5, 0.6) is 5.75 Å². The Kier molecular flexibility index (Phi) is 6.05. The number of anilines is 1. The SMILES string of the molecule is COc1ccc([N+](=O)[O-])cc1CSc1nnc(NCC2CCCO2)s1. The minimum Gasteiger partial charge on any atom is -0.496 e. The minimum atomic E-state index is -0.411. The maximum absolute atomic E-state index is 10.9. The first kappa shape index (κ1) is 17.9. The first-order chi connectivity index (χ1) is 12.2. The van der Waals surface area contributed by atoms with Crippen molar-refractivity contribution in [2.75, 3.05) is 25.6 Å². The molecule has 0 radical (unpaired) electrons. The second-order valence-corrected chi connectivity index (χ2v) is 7.63. The number of methoxy groups -OCH3 is 1. The average Bonchev–Trinajstić information content (AvgIpc) is 3.29. The predicted molar refractivity (Wildman–Crippen MR) is 96.6 cm³/mol. The number of hydrogen-bond donors (Lipinski definition) is 1. The molecule has 0 spiro atoms. The van der Waals surface area contributed by atoms with Crippen molar-refractivity contribution in [2.45, 2.75) is 29.0 Å². The van der Waals surface area contributed by atoms with Gasteiger partial charge in [0.25, 0.3) is 5.69 Å². The van der Waals surface area contributed by atoms with Crippen LogP contribution in [0.25, 0.3) is 0 Å². The smallest absolute Gasteiger partial charge is 0.270 e. The van der Waals surface area contributed by atoms with Crippen molar-refractivity contribution in [1.82, 2.24) is 10.2 Å². The fraction of sp³-hybridized carbons (Fsp3) is 0.467. The summed E-state index contributed by atoms with van der Waals surface area (Å²) in [6, 6.07) is 4.58. The van der Waals surface area contributed by atoms with Crippen LogP contribution in [0, 0.1) is 10.1 Å². The van der Waals surface area contributed by atoms with Crippen LogP contribution in [0.4, 0.5) is 10.8 Å². The lowest BCUT2D eigenvalue weighted by Gasteiger charge is -2.08. The molecule has 0 amide bonds. The van der Waals surface area contributed by atoms with Gasteiger partial charge >= 0.3 is 0 Å². The zero-order valence-corrected chi connectivity index (χ0v) is 15.3. The molecule has 1 saturated heterocycles. The quantitative estimate of drug-likeness (QED) is 0.422. The van der Waals surface area contributed by atoms with Crippen LogP contribution >= 0.6 is 23.1 Å². The van der Waals surface area contributed by atoms with Gasteiger partial charge in [-0.2, -0.15) is 0 Å². The third kappa shape index (κ3) is 4.80. The molecule has 0 saturated carbocycles. The molecule has 0 bridgehead atoms. The van der Waals surface area contributed by atoms with Crippen LogP contribution in [0.1, 0.15) is 18.4 Å². The second-order valence-electron chi connectivity index (χ2n) is 5.43. The van der Waals surface area contributed by atoms with Crippen molar-refractivity contribution in [1.29, 1.82) is 0 Å². The van der Waals surface area contributed by atoms with Crippen molar-refractivity contribution < 1.29 is 14.4 Å². The van der Waals surface area contributed by atoms with E-state index in [0.717, 1.165) is 41.0 Å². The third-order valence-electron chi connectivity index (χ3n) is 3.74. The van der Waals surface area contributed by atoms with E-state index in [1.807, 2.05) is 0 Å². The summed E-state index contributed by atoms with van der Waals surface area (Å²) in [4.78, 5) is 10.5. The van der Waals surface area contributed by atoms with Crippen LogP contribution in [-0.2, 0) is 10.5 Å². The summed E-state index contributed by atoms with van der Waals surface area (Å²) in [5.41, 5.74) is 0.804. The van der Waals surface area contributed by atoms with Crippen LogP contribution in [-0.4, -0.2) is 41.5 Å². The lowest BCUT2D eigenvalue weighted by molar-refractivity contribution is -0.384. The molecule has 1 aliphatic heterocycles. The standard InChI is InChI=1S/C15H18N4O4S2/c1-22-13-5-4-11(19(20)21)7-10(13)9-24-15-18-17-14(25-15)16-8-12-3-2-6-23-12/h4-5,7,12H,2-3,6,8-9H2,1H3,(H,16,17). The molecule has 10 heteroatoms. The first-order valence-electron chi connectivity index (χ1n) is 7.79. The second kappa shape index (κ2) is 8.45. The highest BCUT2D eigenvalue weighted by Gasteiger charge is 2.16. The molecule has 1 aromatic carbocycles. The number of ether oxygens (including phenoxy) is 2. The minimum absolute atomic E-state index is 0.0487. The molecular weight excluding hydrogens is 364 g/mol. The molecule has 0 aliphatic carbocycles. The number of hydrogen-bond acceptors (Lipinski definition) is 9. The first-order valence-corrected chi connectivity index (χ1v) is 9.59. The van der Waals surface area contributed by atoms with Crippen LogP contribution in [0.3, 0.4) is 0 Å². The van der Waals surface area contributed by atoms with Crippen molar-refractivity contribution in [3.8, 4) is 5.75 Å². The van der Waals surface area contributed by atoms with E-state index in [0.29, 0.717) is 11.5 Å². The Bertz CT molecular complexity index is 734. The Morgan fingerprint density at radius 3 is 3.12 bits per heavy atom. The van der Waals surface area contributed by atoms with Crippen molar-refractivity contribution in [3.05, 3.63) is 33.9 Å². The lowest BCUT2D eigenvalue weighted by Crippen LogP contribution is -2.18. The van der Waals surface area contributed by atoms with Gasteiger partial charge in [0.15, 0.2) is 4.34 Å². The number of nitrogens with one attached hydrogen (secondary N) is 1. The highest BCUT2D eigenvalue weighted by molar-refractivity contribution is 8.00. The predicted octanol–water partition coefficient (Wildman–Crippen LogP) is 3.34. The van der Waals surface area contributed by atoms with E-state index in [-0.39, 0.29) is 11.8 Å². The molecule has 8 nitrogen and oxygen atoms in total. The van der Waals surface area contributed by atoms with E-state index in [9.17, 15) is 10.1 Å². The molecule has 2 aromatic rings. The molecule has 1 aromatic heterocycles. The fourth-order valence-electron chi connectivity index (χ4n) is 2.48. The Morgan fingerprint density at radius 2 is 2.40 bits per heavy atom. The van der Waals surface area contributed by atoms with E-state index in [4.69, 9.17) is 9.47 Å². The summed E-state index contributed by atoms with van der Waals surface area (Å²) in [7, 11) is 1.55. The van der Waals surface area contributed by atoms with E-state index in [1.54, 1.807) is 13.2 Å². The van der Waals surface area contributed by atoms with E-state index in [2.05, 4.69) is 15.5 Å². The highest BCUT2D eigenvalue weighted by Crippen LogP contribution is 2.33. The van der Waals surface area contributed by atoms with Crippen LogP contribution < -0.4 is 10.1 Å². The zero-order chi connectivity index (χ0) is 17.6. The number of thioether (sulfide) groups is 1. The van der Waals surface area contributed by atoms with E-state index >= 15 is 0 Å². The molecule has 3 rings (SSSR count). The van der Waals surface area contributed by atoms with Gasteiger partial charge in [-0.15, -0.1) is 10.2 Å². The average molecular weight is 382 g/mol. The molecule has 1 unspecified atom stereocenters. The third-order valence-corrected chi connectivity index (χ3v) is 5.80. The monoisotopic (exact) mass is 382 g/mol. The Hall–Kier alpha value is -1.91. The summed E-state index contributed by atoms with van der Waals surface area (Å²) >= 11 is 2.93. The fourth-order valence-corrected chi connectivity index (χ4v) is 4.21. The highest BCUT2D eigenvalue weighted by atomic mass is 32.2. The Labute approximate surface area is 153 Å². The van der Waals surface area contributed by atoms with Crippen molar-refractivity contribution in [2.24, 2.45) is 0 Å². The molecule has 1 aliphatic rings. The molecule has 2 heterocycles. The number of benzene rings is 1. The van der Waals surface area contributed by atoms with Gasteiger partial charge < -0.3 is 14.8 Å². The Balaban J connectivity index is 1.58. The number of nitro groups is 1.